The molecular formula is C50H59N3O11S. The Morgan fingerprint density at radius 1 is 1.02 bits per heavy atom. The number of amides is 2. The Morgan fingerprint density at radius 3 is 2.34 bits per heavy atom. The Bertz CT molecular complexity index is 2540. The van der Waals surface area contributed by atoms with E-state index >= 15 is 0 Å². The molecule has 5 atom stereocenters. The number of Topliss-reactive ketones (excluding diaryl/α,β-unsaturated/α-hetero) is 1. The van der Waals surface area contributed by atoms with Crippen molar-refractivity contribution in [3.63, 3.8) is 0 Å². The second kappa shape index (κ2) is 18.4. The van der Waals surface area contributed by atoms with Crippen molar-refractivity contribution in [2.24, 2.45) is 0 Å². The number of nitrogens with zero attached hydrogens (tertiary/aromatic N) is 2. The molecule has 2 bridgehead atoms. The number of piperidine rings is 1. The smallest absolute Gasteiger partial charge is 0.414 e. The van der Waals surface area contributed by atoms with Gasteiger partial charge in [-0.3, -0.25) is 14.5 Å². The van der Waals surface area contributed by atoms with Crippen LogP contribution < -0.4 is 19.7 Å². The van der Waals surface area contributed by atoms with Crippen molar-refractivity contribution >= 4 is 39.7 Å². The van der Waals surface area contributed by atoms with Crippen molar-refractivity contribution in [1.82, 2.24) is 5.32 Å². The Hall–Kier alpha value is -5.58. The second-order valence-corrected chi connectivity index (χ2v) is 20.0. The van der Waals surface area contributed by atoms with Gasteiger partial charge in [0, 0.05) is 48.2 Å². The fraction of sp³-hybridized carbons (Fsp3) is 0.420. The van der Waals surface area contributed by atoms with Crippen LogP contribution in [0.4, 0.5) is 10.5 Å². The molecule has 15 heteroatoms. The molecule has 14 nitrogen and oxygen atoms in total. The third kappa shape index (κ3) is 9.43. The summed E-state index contributed by atoms with van der Waals surface area (Å²) < 4.78 is 55.4. The summed E-state index contributed by atoms with van der Waals surface area (Å²) in [4.78, 5) is 40.7. The average Bonchev–Trinajstić information content (AvgIpc) is 3.63. The number of likely N-dealkylation sites (N-methyl/N-ethyl adjacent to an activating group) is 1. The van der Waals surface area contributed by atoms with Gasteiger partial charge in [0.2, 0.25) is 0 Å². The van der Waals surface area contributed by atoms with E-state index in [9.17, 15) is 32.5 Å². The molecule has 2 amide bonds. The summed E-state index contributed by atoms with van der Waals surface area (Å²) >= 11 is 0. The van der Waals surface area contributed by atoms with E-state index in [-0.39, 0.29) is 48.8 Å². The molecule has 2 aliphatic carbocycles. The van der Waals surface area contributed by atoms with Crippen molar-refractivity contribution < 1.29 is 55.9 Å². The third-order valence-electron chi connectivity index (χ3n) is 13.2. The first kappa shape index (κ1) is 47.4. The lowest BCUT2D eigenvalue weighted by Gasteiger charge is -2.64. The maximum atomic E-state index is 13.4. The molecule has 4 aromatic carbocycles. The van der Waals surface area contributed by atoms with E-state index in [0.29, 0.717) is 59.6 Å². The van der Waals surface area contributed by atoms with Crippen LogP contribution in [0, 0.1) is 6.92 Å². The van der Waals surface area contributed by atoms with Crippen LogP contribution in [-0.4, -0.2) is 111 Å². The van der Waals surface area contributed by atoms with Crippen LogP contribution in [0.15, 0.2) is 96.4 Å². The fourth-order valence-corrected chi connectivity index (χ4v) is 10.6. The number of ether oxygens (including phenoxy) is 4. The maximum Gasteiger partial charge on any atom is 0.414 e. The molecule has 4 aromatic rings. The number of likely N-dealkylation sites (tertiary alicyclic amines) is 1. The molecule has 1 saturated carbocycles. The number of nitrogens with one attached hydrogen (secondary N) is 1. The molecule has 65 heavy (non-hydrogen) atoms. The quantitative estimate of drug-likeness (QED) is 0.0850. The van der Waals surface area contributed by atoms with Gasteiger partial charge in [-0.05, 0) is 87.7 Å². The molecule has 0 radical (unpaired) electrons. The number of aryl methyl sites for hydroxylation is 1. The summed E-state index contributed by atoms with van der Waals surface area (Å²) in [5, 5.41) is 15.7. The molecule has 1 unspecified atom stereocenters. The first-order valence-electron chi connectivity index (χ1n) is 21.9. The SMILES string of the molecule is C=Cc1ccc(C(=O)NCCOCCN(C(=O)OC(C)(C)C)c2ccc(C[N+]3(C)CC[C@]45c6c7ccc(OC)c6O[C@H]4C(=O)CC[C@@]5(O)[C@H]3C7)cc2)cc1.Cc1ccc(S(=O)(=O)[O-])cc1. The number of rotatable bonds is 13. The Labute approximate surface area is 381 Å². The van der Waals surface area contributed by atoms with Gasteiger partial charge in [0.25, 0.3) is 5.91 Å². The van der Waals surface area contributed by atoms with E-state index in [1.165, 1.54) is 12.1 Å². The summed E-state index contributed by atoms with van der Waals surface area (Å²) in [7, 11) is -0.447. The van der Waals surface area contributed by atoms with E-state index in [2.05, 4.69) is 25.0 Å². The standard InChI is InChI=1S/C43H51N3O8.C7H8O3S/c1-7-28-8-12-30(13-9-28)39(48)44-21-24-52-25-22-45(40(49)54-41(2,3)4)32-15-10-29(11-16-32)27-46(5)23-20-42-36-31-14-17-34(51-6)37(36)53-38(42)33(47)18-19-43(42,50)35(46)26-31;1-6-2-4-7(5-3-6)11(8,9)10/h7-17,35,38,50H,1,18-27H2,2-6H3;2-5H,1H3,(H,8,9,10)/t35-,38+,42+,43-,46?;/m1./s1. The lowest BCUT2D eigenvalue weighted by atomic mass is 9.48. The minimum atomic E-state index is -4.27. The number of benzene rings is 4. The van der Waals surface area contributed by atoms with Crippen LogP contribution in [0.2, 0.25) is 0 Å². The van der Waals surface area contributed by atoms with Gasteiger partial charge < -0.3 is 38.4 Å². The predicted octanol–water partition coefficient (Wildman–Crippen LogP) is 6.49. The fourth-order valence-electron chi connectivity index (χ4n) is 10.1. The molecule has 2 fully saturated rings. The maximum absolute atomic E-state index is 13.4. The van der Waals surface area contributed by atoms with Crippen LogP contribution in [0.3, 0.4) is 0 Å². The van der Waals surface area contributed by atoms with Crippen LogP contribution in [0.5, 0.6) is 11.5 Å². The molecular weight excluding hydrogens is 851 g/mol. The highest BCUT2D eigenvalue weighted by Crippen LogP contribution is 2.66. The van der Waals surface area contributed by atoms with Crippen molar-refractivity contribution in [2.45, 2.75) is 93.6 Å². The van der Waals surface area contributed by atoms with Crippen molar-refractivity contribution in [3.05, 3.63) is 125 Å². The van der Waals surface area contributed by atoms with E-state index < -0.39 is 38.9 Å². The van der Waals surface area contributed by atoms with Crippen LogP contribution in [0.1, 0.15) is 78.2 Å². The molecule has 8 rings (SSSR count). The average molecular weight is 910 g/mol. The van der Waals surface area contributed by atoms with Gasteiger partial charge in [-0.2, -0.15) is 0 Å². The summed E-state index contributed by atoms with van der Waals surface area (Å²) in [6.07, 6.45) is 2.52. The number of aliphatic hydroxyl groups is 1. The van der Waals surface area contributed by atoms with E-state index in [0.717, 1.165) is 34.4 Å². The van der Waals surface area contributed by atoms with E-state index in [1.807, 2.05) is 70.2 Å². The van der Waals surface area contributed by atoms with Crippen molar-refractivity contribution in [1.29, 1.82) is 0 Å². The second-order valence-electron chi connectivity index (χ2n) is 18.6. The first-order valence-corrected chi connectivity index (χ1v) is 23.3. The number of hydrogen-bond donors (Lipinski definition) is 2. The molecule has 2 heterocycles. The van der Waals surface area contributed by atoms with Crippen LogP contribution in [-0.2, 0) is 42.8 Å². The van der Waals surface area contributed by atoms with Crippen molar-refractivity contribution in [3.8, 4) is 11.5 Å². The third-order valence-corrected chi connectivity index (χ3v) is 14.1. The summed E-state index contributed by atoms with van der Waals surface area (Å²) in [6, 6.07) is 24.7. The number of methoxy groups -OCH3 is 1. The Balaban J connectivity index is 0.000000502. The molecule has 1 saturated heterocycles. The van der Waals surface area contributed by atoms with Crippen molar-refractivity contribution in [2.75, 3.05) is 51.9 Å². The van der Waals surface area contributed by atoms with Gasteiger partial charge in [0.1, 0.15) is 33.9 Å². The zero-order chi connectivity index (χ0) is 47.0. The highest BCUT2D eigenvalue weighted by atomic mass is 32.2. The zero-order valence-electron chi connectivity index (χ0n) is 37.9. The normalized spacial score (nSPS) is 23.8. The highest BCUT2D eigenvalue weighted by Gasteiger charge is 2.76. The largest absolute Gasteiger partial charge is 0.744 e. The van der Waals surface area contributed by atoms with Gasteiger partial charge >= 0.3 is 6.09 Å². The number of hydrogen-bond acceptors (Lipinski definition) is 11. The Kier molecular flexibility index (Phi) is 13.4. The lowest BCUT2D eigenvalue weighted by molar-refractivity contribution is -0.961. The first-order chi connectivity index (χ1) is 30.7. The molecule has 2 N–H and O–H groups in total. The Morgan fingerprint density at radius 2 is 1.71 bits per heavy atom. The van der Waals surface area contributed by atoms with Gasteiger partial charge in [-0.25, -0.2) is 13.2 Å². The number of ketones is 1. The lowest BCUT2D eigenvalue weighted by Crippen LogP contribution is -2.80. The van der Waals surface area contributed by atoms with Gasteiger partial charge in [0.15, 0.2) is 23.4 Å². The van der Waals surface area contributed by atoms with E-state index in [1.54, 1.807) is 42.4 Å². The van der Waals surface area contributed by atoms with Gasteiger partial charge in [0.05, 0.1) is 50.8 Å². The minimum Gasteiger partial charge on any atom is -0.744 e. The number of anilines is 1. The molecule has 1 spiro atoms. The summed E-state index contributed by atoms with van der Waals surface area (Å²) in [5.74, 6) is 1.09. The number of carbonyl (C=O) groups is 3. The van der Waals surface area contributed by atoms with E-state index in [4.69, 9.17) is 18.9 Å². The molecule has 4 aliphatic rings. The van der Waals surface area contributed by atoms with Gasteiger partial charge in [-0.1, -0.05) is 60.7 Å². The molecule has 0 aromatic heterocycles. The highest BCUT2D eigenvalue weighted by molar-refractivity contribution is 7.85. The zero-order valence-corrected chi connectivity index (χ0v) is 38.7. The monoisotopic (exact) mass is 909 g/mol. The number of carbonyl (C=O) groups excluding carboxylic acids is 3. The molecule has 346 valence electrons. The van der Waals surface area contributed by atoms with Gasteiger partial charge in [-0.15, -0.1) is 0 Å². The summed E-state index contributed by atoms with van der Waals surface area (Å²) in [5.41, 5.74) is 3.68. The molecule has 2 aliphatic heterocycles. The van der Waals surface area contributed by atoms with Crippen LogP contribution >= 0.6 is 0 Å². The van der Waals surface area contributed by atoms with Crippen LogP contribution in [0.25, 0.3) is 6.08 Å². The number of quaternary nitrogens is 1. The predicted molar refractivity (Wildman–Crippen MR) is 244 cm³/mol. The summed E-state index contributed by atoms with van der Waals surface area (Å²) in [6.45, 7) is 13.6. The topological polar surface area (TPSA) is 181 Å². The minimum absolute atomic E-state index is 0.0498.